The predicted octanol–water partition coefficient (Wildman–Crippen LogP) is 8.20. The van der Waals surface area contributed by atoms with Gasteiger partial charge in [0.25, 0.3) is 0 Å². The van der Waals surface area contributed by atoms with Crippen molar-refractivity contribution in [2.24, 2.45) is 0 Å². The minimum Gasteiger partial charge on any atom is -0.493 e. The lowest BCUT2D eigenvalue weighted by Crippen LogP contribution is -2.35. The number of nitrogens with one attached hydrogen (secondary N) is 1. The number of benzene rings is 4. The van der Waals surface area contributed by atoms with E-state index in [4.69, 9.17) is 18.9 Å². The second-order valence-corrected chi connectivity index (χ2v) is 8.87. The van der Waals surface area contributed by atoms with Crippen molar-refractivity contribution in [3.05, 3.63) is 95.6 Å². The molecule has 0 aromatic heterocycles. The zero-order chi connectivity index (χ0) is 29.5. The Morgan fingerprint density at radius 3 is 1.63 bits per heavy atom. The Labute approximate surface area is 236 Å². The van der Waals surface area contributed by atoms with Crippen molar-refractivity contribution >= 4 is 17.5 Å². The molecule has 2 N–H and O–H groups in total. The Kier molecular flexibility index (Phi) is 9.13. The molecule has 0 radical (unpaired) electrons. The number of methoxy groups -OCH3 is 2. The third-order valence-corrected chi connectivity index (χ3v) is 6.25. The van der Waals surface area contributed by atoms with Gasteiger partial charge in [-0.15, -0.1) is 0 Å². The van der Waals surface area contributed by atoms with Crippen molar-refractivity contribution < 1.29 is 37.6 Å². The fourth-order valence-electron chi connectivity index (χ4n) is 3.99. The second kappa shape index (κ2) is 12.9. The first-order valence-electron chi connectivity index (χ1n) is 12.8. The van der Waals surface area contributed by atoms with E-state index in [1.807, 2.05) is 32.0 Å². The number of hydrogen-bond acceptors (Lipinski definition) is 6. The number of hydrazine groups is 1. The number of carbonyl (C=O) groups is 1. The first kappa shape index (κ1) is 29.0. The molecule has 0 unspecified atom stereocenters. The first-order valence-corrected chi connectivity index (χ1v) is 12.8. The van der Waals surface area contributed by atoms with Crippen LogP contribution in [0.4, 0.5) is 25.0 Å². The molecule has 0 fully saturated rings. The molecule has 214 valence electrons. The predicted molar refractivity (Wildman–Crippen MR) is 152 cm³/mol. The van der Waals surface area contributed by atoms with Gasteiger partial charge in [-0.25, -0.2) is 13.6 Å². The summed E-state index contributed by atoms with van der Waals surface area (Å²) in [6.07, 6.45) is 0.141. The zero-order valence-electron chi connectivity index (χ0n) is 23.0. The number of halogens is 2. The standard InChI is InChI=1S/C31H30F2N2O6/c1-5-19-7-11-27(29(15-19)38-3)40-25-13-9-21(17-23(25)32)34-35(31(36)37)22-10-14-26(24(33)18-22)41-28-12-8-20(6-2)16-30(28)39-4/h7-18,34H,5-6H2,1-4H3,(H,36,37). The van der Waals surface area contributed by atoms with Crippen LogP contribution in [0.25, 0.3) is 0 Å². The summed E-state index contributed by atoms with van der Waals surface area (Å²) in [6, 6.07) is 18.1. The maximum Gasteiger partial charge on any atom is 0.430 e. The summed E-state index contributed by atoms with van der Waals surface area (Å²) in [5.74, 6) is -0.252. The molecular formula is C31H30F2N2O6. The van der Waals surface area contributed by atoms with Crippen LogP contribution in [0.1, 0.15) is 25.0 Å². The molecule has 41 heavy (non-hydrogen) atoms. The molecule has 0 aliphatic heterocycles. The van der Waals surface area contributed by atoms with E-state index >= 15 is 4.39 Å². The molecule has 0 spiro atoms. The smallest absolute Gasteiger partial charge is 0.430 e. The minimum atomic E-state index is -1.45. The Morgan fingerprint density at radius 2 is 1.20 bits per heavy atom. The highest BCUT2D eigenvalue weighted by Crippen LogP contribution is 2.36. The number of hydrogen-bond donors (Lipinski definition) is 2. The van der Waals surface area contributed by atoms with E-state index in [0.29, 0.717) is 28.0 Å². The lowest BCUT2D eigenvalue weighted by Gasteiger charge is -2.22. The van der Waals surface area contributed by atoms with E-state index in [-0.39, 0.29) is 22.9 Å². The highest BCUT2D eigenvalue weighted by Gasteiger charge is 2.19. The van der Waals surface area contributed by atoms with Crippen LogP contribution >= 0.6 is 0 Å². The Morgan fingerprint density at radius 1 is 0.707 bits per heavy atom. The topological polar surface area (TPSA) is 89.5 Å². The van der Waals surface area contributed by atoms with Crippen LogP contribution in [-0.2, 0) is 12.8 Å². The van der Waals surface area contributed by atoms with Crippen molar-refractivity contribution in [3.63, 3.8) is 0 Å². The molecule has 4 aromatic rings. The molecule has 0 aliphatic carbocycles. The molecule has 0 aliphatic rings. The van der Waals surface area contributed by atoms with Gasteiger partial charge in [-0.1, -0.05) is 26.0 Å². The molecular weight excluding hydrogens is 534 g/mol. The largest absolute Gasteiger partial charge is 0.493 e. The quantitative estimate of drug-likeness (QED) is 0.178. The van der Waals surface area contributed by atoms with E-state index in [0.717, 1.165) is 36.1 Å². The lowest BCUT2D eigenvalue weighted by atomic mass is 10.1. The van der Waals surface area contributed by atoms with Crippen LogP contribution < -0.4 is 29.4 Å². The van der Waals surface area contributed by atoms with Gasteiger partial charge in [-0.3, -0.25) is 5.43 Å². The number of amides is 1. The Bertz CT molecular complexity index is 1550. The van der Waals surface area contributed by atoms with Crippen LogP contribution in [0.3, 0.4) is 0 Å². The SMILES string of the molecule is CCc1ccc(Oc2ccc(NN(C(=O)O)c3ccc(Oc4ccc(CC)cc4OC)c(F)c3)cc2F)c(OC)c1. The monoisotopic (exact) mass is 564 g/mol. The molecule has 0 heterocycles. The van der Waals surface area contributed by atoms with Crippen LogP contribution in [-0.4, -0.2) is 25.4 Å². The van der Waals surface area contributed by atoms with Crippen LogP contribution in [0.15, 0.2) is 72.8 Å². The molecule has 0 atom stereocenters. The van der Waals surface area contributed by atoms with E-state index in [9.17, 15) is 14.3 Å². The van der Waals surface area contributed by atoms with Crippen molar-refractivity contribution in [3.8, 4) is 34.5 Å². The first-order chi connectivity index (χ1) is 19.8. The molecule has 0 saturated carbocycles. The molecule has 10 heteroatoms. The van der Waals surface area contributed by atoms with Crippen molar-refractivity contribution in [2.75, 3.05) is 24.7 Å². The van der Waals surface area contributed by atoms with Gasteiger partial charge < -0.3 is 24.1 Å². The molecule has 1 amide bonds. The van der Waals surface area contributed by atoms with Crippen molar-refractivity contribution in [1.82, 2.24) is 0 Å². The van der Waals surface area contributed by atoms with E-state index < -0.39 is 17.7 Å². The van der Waals surface area contributed by atoms with Crippen LogP contribution in [0.5, 0.6) is 34.5 Å². The fourth-order valence-corrected chi connectivity index (χ4v) is 3.99. The fraction of sp³-hybridized carbons (Fsp3) is 0.194. The number of nitrogens with zero attached hydrogens (tertiary/aromatic N) is 1. The molecule has 0 saturated heterocycles. The maximum atomic E-state index is 15.0. The van der Waals surface area contributed by atoms with Gasteiger partial charge in [-0.05, 0) is 72.5 Å². The van der Waals surface area contributed by atoms with Gasteiger partial charge in [0.05, 0.1) is 25.6 Å². The molecule has 8 nitrogen and oxygen atoms in total. The van der Waals surface area contributed by atoms with Crippen LogP contribution in [0.2, 0.25) is 0 Å². The second-order valence-electron chi connectivity index (χ2n) is 8.87. The number of aryl methyl sites for hydroxylation is 2. The van der Waals surface area contributed by atoms with Crippen molar-refractivity contribution in [1.29, 1.82) is 0 Å². The van der Waals surface area contributed by atoms with Gasteiger partial charge in [-0.2, -0.15) is 5.01 Å². The van der Waals surface area contributed by atoms with Gasteiger partial charge in [0, 0.05) is 12.1 Å². The van der Waals surface area contributed by atoms with Gasteiger partial charge in [0.1, 0.15) is 0 Å². The van der Waals surface area contributed by atoms with Gasteiger partial charge >= 0.3 is 6.09 Å². The average molecular weight is 565 g/mol. The van der Waals surface area contributed by atoms with E-state index in [2.05, 4.69) is 5.43 Å². The number of rotatable bonds is 11. The number of anilines is 2. The average Bonchev–Trinajstić information content (AvgIpc) is 2.98. The maximum absolute atomic E-state index is 15.0. The normalized spacial score (nSPS) is 10.6. The molecule has 4 aromatic carbocycles. The number of carboxylic acid groups (broad SMARTS) is 1. The summed E-state index contributed by atoms with van der Waals surface area (Å²) in [5.41, 5.74) is 4.66. The van der Waals surface area contributed by atoms with Gasteiger partial charge in [0.2, 0.25) is 0 Å². The number of ether oxygens (including phenoxy) is 4. The summed E-state index contributed by atoms with van der Waals surface area (Å²) in [4.78, 5) is 12.0. The van der Waals surface area contributed by atoms with Crippen molar-refractivity contribution in [2.45, 2.75) is 26.7 Å². The van der Waals surface area contributed by atoms with Crippen LogP contribution in [0, 0.1) is 11.6 Å². The summed E-state index contributed by atoms with van der Waals surface area (Å²) in [7, 11) is 2.98. The summed E-state index contributed by atoms with van der Waals surface area (Å²) >= 11 is 0. The summed E-state index contributed by atoms with van der Waals surface area (Å²) in [5, 5.41) is 10.4. The Hall–Kier alpha value is -4.99. The third kappa shape index (κ3) is 6.78. The molecule has 4 rings (SSSR count). The highest BCUT2D eigenvalue weighted by atomic mass is 19.1. The highest BCUT2D eigenvalue weighted by molar-refractivity contribution is 5.88. The molecule has 0 bridgehead atoms. The third-order valence-electron chi connectivity index (χ3n) is 6.25. The minimum absolute atomic E-state index is 0.0582. The summed E-state index contributed by atoms with van der Waals surface area (Å²) < 4.78 is 52.0. The van der Waals surface area contributed by atoms with Gasteiger partial charge in [0.15, 0.2) is 46.1 Å². The Balaban J connectivity index is 1.52. The van der Waals surface area contributed by atoms with E-state index in [1.165, 1.54) is 38.5 Å². The zero-order valence-corrected chi connectivity index (χ0v) is 23.0. The van der Waals surface area contributed by atoms with E-state index in [1.54, 1.807) is 18.2 Å². The summed E-state index contributed by atoms with van der Waals surface area (Å²) in [6.45, 7) is 4.00. The lowest BCUT2D eigenvalue weighted by molar-refractivity contribution is 0.203.